The van der Waals surface area contributed by atoms with Crippen molar-refractivity contribution in [2.24, 2.45) is 24.8 Å². The molecule has 12 rings (SSSR count). The number of hydrogen-bond donors (Lipinski definition) is 4. The van der Waals surface area contributed by atoms with Gasteiger partial charge in [0.1, 0.15) is 18.9 Å². The normalized spacial score (nSPS) is 17.4. The van der Waals surface area contributed by atoms with Gasteiger partial charge in [-0.25, -0.2) is 32.2 Å². The number of piperidine rings is 5. The smallest absolute Gasteiger partial charge is 0.325 e. The van der Waals surface area contributed by atoms with E-state index >= 15 is 8.78 Å². The summed E-state index contributed by atoms with van der Waals surface area (Å²) in [5.41, 5.74) is 9.61. The van der Waals surface area contributed by atoms with Crippen molar-refractivity contribution in [2.75, 3.05) is 108 Å². The minimum atomic E-state index is -3.77. The van der Waals surface area contributed by atoms with Crippen LogP contribution in [0.5, 0.6) is 0 Å². The zero-order chi connectivity index (χ0) is 70.4. The SMILES string of the molecule is CCCS(=O)(=O)Nc1cccc(-c2nc(C3CCN(C(=O)C4CCN(C(=O)C5CCN(CC6CCN(C(=O)CCC(=O)N7CCC(c8nn(CC(=O)NCC(=O)NCC(=O)OC)c9cccc(-c%10cc%11c(cnn%11C)cc%10F)c89)CC7)CC6)CC5)CC4)CC3)sc2-c2ccnc(N)n2)c1F. The number of carbonyl (C=O) groups excluding carboxylic acids is 7. The van der Waals surface area contributed by atoms with Crippen LogP contribution in [0.1, 0.15) is 113 Å². The molecular formula is C70H86F2N16O10S2. The number of carbonyl (C=O) groups is 7. The maximum absolute atomic E-state index is 16.2. The Morgan fingerprint density at radius 3 is 1.96 bits per heavy atom. The number of rotatable bonds is 22. The molecule has 5 fully saturated rings. The fourth-order valence-corrected chi connectivity index (χ4v) is 17.2. The third-order valence-electron chi connectivity index (χ3n) is 20.4. The first-order valence-corrected chi connectivity index (χ1v) is 37.1. The lowest BCUT2D eigenvalue weighted by molar-refractivity contribution is -0.144. The number of nitrogens with one attached hydrogen (secondary N) is 3. The molecule has 3 aromatic carbocycles. The second kappa shape index (κ2) is 31.2. The molecule has 6 amide bonds. The number of ether oxygens (including phenoxy) is 1. The maximum atomic E-state index is 16.2. The van der Waals surface area contributed by atoms with Crippen LogP contribution in [0.4, 0.5) is 20.4 Å². The van der Waals surface area contributed by atoms with Gasteiger partial charge in [-0.2, -0.15) is 10.2 Å². The minimum absolute atomic E-state index is 0.0198. The van der Waals surface area contributed by atoms with Crippen molar-refractivity contribution < 1.29 is 55.5 Å². The van der Waals surface area contributed by atoms with Crippen molar-refractivity contribution in [3.63, 3.8) is 0 Å². The first kappa shape index (κ1) is 70.8. The largest absolute Gasteiger partial charge is 0.468 e. The number of methoxy groups -OCH3 is 1. The third-order valence-corrected chi connectivity index (χ3v) is 23.1. The van der Waals surface area contributed by atoms with Crippen molar-refractivity contribution in [1.82, 2.24) is 69.6 Å². The Morgan fingerprint density at radius 1 is 0.690 bits per heavy atom. The van der Waals surface area contributed by atoms with Crippen molar-refractivity contribution >= 4 is 96.2 Å². The summed E-state index contributed by atoms with van der Waals surface area (Å²) in [5, 5.41) is 16.3. The number of nitrogens with two attached hydrogens (primary N) is 1. The molecule has 532 valence electrons. The number of aryl methyl sites for hydroxylation is 1. The van der Waals surface area contributed by atoms with Crippen LogP contribution in [0, 0.1) is 29.4 Å². The van der Waals surface area contributed by atoms with E-state index in [1.54, 1.807) is 64.8 Å². The number of thiazole rings is 1. The molecule has 0 radical (unpaired) electrons. The molecule has 5 N–H and O–H groups in total. The maximum Gasteiger partial charge on any atom is 0.325 e. The van der Waals surface area contributed by atoms with Gasteiger partial charge in [0.2, 0.25) is 51.4 Å². The number of sulfonamides is 1. The van der Waals surface area contributed by atoms with Crippen LogP contribution in [-0.4, -0.2) is 207 Å². The van der Waals surface area contributed by atoms with E-state index in [4.69, 9.17) is 15.8 Å². The Labute approximate surface area is 582 Å². The molecule has 9 heterocycles. The molecule has 100 heavy (non-hydrogen) atoms. The summed E-state index contributed by atoms with van der Waals surface area (Å²) in [7, 11) is -0.786. The van der Waals surface area contributed by atoms with E-state index in [1.807, 2.05) is 26.8 Å². The fraction of sp³-hybridized carbons (Fsp3) is 0.514. The highest BCUT2D eigenvalue weighted by atomic mass is 32.2. The Hall–Kier alpha value is -9.03. The number of nitrogens with zero attached hydrogens (tertiary/aromatic N) is 12. The Kier molecular flexibility index (Phi) is 22.1. The Morgan fingerprint density at radius 2 is 1.30 bits per heavy atom. The fourth-order valence-electron chi connectivity index (χ4n) is 14.8. The standard InChI is InChI=1S/C70H86F2N16O10S2/c1-4-35-100(96,97)81-53-9-5-8-50(63(53)72)65-66(54-13-24-74-70(73)78-54)99-67(79-65)45-20-31-86(32-21-45)69(95)47-22-33-87(34-23-47)68(94)46-16-25-83(26-17-46)41-43-14-27-84(28-15-43)59(91)11-12-60(92)85-29-18-44(19-30-85)64-62-49(51-37-56-48(36-52(51)71)38-77-82(56)2)7-6-10-55(62)88(80-64)42-58(90)75-39-57(89)76-40-61(93)98-3/h5-10,13,24,36-38,43-47,81H,4,11-12,14-23,25-35,39-42H2,1-3H3,(H,75,90)(H,76,89)(H2,73,74,78). The molecule has 0 bridgehead atoms. The van der Waals surface area contributed by atoms with Gasteiger partial charge in [-0.3, -0.25) is 47.6 Å². The highest BCUT2D eigenvalue weighted by molar-refractivity contribution is 7.92. The summed E-state index contributed by atoms with van der Waals surface area (Å²) in [5.74, 6) is -2.91. The second-order valence-corrected chi connectivity index (χ2v) is 29.8. The zero-order valence-electron chi connectivity index (χ0n) is 56.6. The number of nitrogen functional groups attached to an aromatic ring is 1. The Balaban J connectivity index is 0.566. The van der Waals surface area contributed by atoms with E-state index in [1.165, 1.54) is 36.8 Å². The van der Waals surface area contributed by atoms with Gasteiger partial charge < -0.3 is 45.6 Å². The van der Waals surface area contributed by atoms with Crippen molar-refractivity contribution in [2.45, 2.75) is 109 Å². The molecule has 0 saturated carbocycles. The lowest BCUT2D eigenvalue weighted by Gasteiger charge is -2.40. The molecule has 5 aliphatic rings. The van der Waals surface area contributed by atoms with Gasteiger partial charge in [0.25, 0.3) is 0 Å². The van der Waals surface area contributed by atoms with Gasteiger partial charge in [-0.05, 0) is 132 Å². The predicted molar refractivity (Wildman–Crippen MR) is 372 cm³/mol. The minimum Gasteiger partial charge on any atom is -0.468 e. The van der Waals surface area contributed by atoms with Gasteiger partial charge in [0.15, 0.2) is 5.82 Å². The number of amides is 6. The number of aromatic nitrogens is 7. The van der Waals surface area contributed by atoms with E-state index < -0.39 is 39.4 Å². The highest BCUT2D eigenvalue weighted by Crippen LogP contribution is 2.44. The van der Waals surface area contributed by atoms with Crippen LogP contribution in [0.3, 0.4) is 0 Å². The lowest BCUT2D eigenvalue weighted by Crippen LogP contribution is -2.49. The van der Waals surface area contributed by atoms with Crippen molar-refractivity contribution in [1.29, 1.82) is 0 Å². The highest BCUT2D eigenvalue weighted by Gasteiger charge is 2.38. The number of anilines is 2. The number of hydrogen-bond acceptors (Lipinski definition) is 18. The van der Waals surface area contributed by atoms with Crippen LogP contribution >= 0.6 is 11.3 Å². The van der Waals surface area contributed by atoms with Crippen molar-refractivity contribution in [3.8, 4) is 33.0 Å². The topological polar surface area (TPSA) is 315 Å². The summed E-state index contributed by atoms with van der Waals surface area (Å²) in [6.45, 7) is 7.51. The van der Waals surface area contributed by atoms with Gasteiger partial charge in [0.05, 0.1) is 69.3 Å². The average Bonchev–Trinajstić information content (AvgIpc) is 1.58. The summed E-state index contributed by atoms with van der Waals surface area (Å²) in [4.78, 5) is 116. The monoisotopic (exact) mass is 1410 g/mol. The molecule has 5 aliphatic heterocycles. The zero-order valence-corrected chi connectivity index (χ0v) is 58.3. The summed E-state index contributed by atoms with van der Waals surface area (Å²) < 4.78 is 67.7. The molecule has 0 aliphatic carbocycles. The summed E-state index contributed by atoms with van der Waals surface area (Å²) in [6.07, 6.45) is 10.5. The van der Waals surface area contributed by atoms with Crippen LogP contribution < -0.4 is 21.1 Å². The molecule has 30 heteroatoms. The van der Waals surface area contributed by atoms with Crippen molar-refractivity contribution in [3.05, 3.63) is 89.3 Å². The van der Waals surface area contributed by atoms with Gasteiger partial charge in [-0.1, -0.05) is 25.1 Å². The van der Waals surface area contributed by atoms with Gasteiger partial charge >= 0.3 is 5.97 Å². The molecule has 0 unspecified atom stereocenters. The molecule has 7 aromatic rings. The molecular weight excluding hydrogens is 1330 g/mol. The van der Waals surface area contributed by atoms with Crippen LogP contribution in [-0.2, 0) is 61.9 Å². The number of halogens is 2. The summed E-state index contributed by atoms with van der Waals surface area (Å²) in [6, 6.07) is 14.8. The number of esters is 1. The van der Waals surface area contributed by atoms with E-state index in [0.29, 0.717) is 153 Å². The number of benzene rings is 3. The van der Waals surface area contributed by atoms with E-state index in [9.17, 15) is 42.0 Å². The summed E-state index contributed by atoms with van der Waals surface area (Å²) >= 11 is 1.38. The molecule has 0 spiro atoms. The molecule has 0 atom stereocenters. The molecule has 4 aromatic heterocycles. The van der Waals surface area contributed by atoms with E-state index in [-0.39, 0.29) is 103 Å². The molecule has 5 saturated heterocycles. The first-order valence-electron chi connectivity index (χ1n) is 34.7. The van der Waals surface area contributed by atoms with Crippen LogP contribution in [0.2, 0.25) is 0 Å². The lowest BCUT2D eigenvalue weighted by atomic mass is 9.88. The number of likely N-dealkylation sites (tertiary alicyclic amines) is 5. The first-order chi connectivity index (χ1) is 48.2. The Bertz CT molecular complexity index is 4310. The predicted octanol–water partition coefficient (Wildman–Crippen LogP) is 6.67. The second-order valence-electron chi connectivity index (χ2n) is 26.9. The van der Waals surface area contributed by atoms with Crippen LogP contribution in [0.25, 0.3) is 54.8 Å². The van der Waals surface area contributed by atoms with Gasteiger partial charge in [-0.15, -0.1) is 11.3 Å². The van der Waals surface area contributed by atoms with Gasteiger partial charge in [0, 0.05) is 131 Å². The van der Waals surface area contributed by atoms with E-state index in [0.717, 1.165) is 55.8 Å². The molecule has 26 nitrogen and oxygen atoms in total. The van der Waals surface area contributed by atoms with Crippen LogP contribution in [0.15, 0.2) is 67.0 Å². The average molecular weight is 1410 g/mol. The number of fused-ring (bicyclic) bond motifs is 2. The van der Waals surface area contributed by atoms with E-state index in [2.05, 4.69) is 40.1 Å². The third kappa shape index (κ3) is 16.2. The quantitative estimate of drug-likeness (QED) is 0.0515.